The molecule has 0 radical (unpaired) electrons. The van der Waals surface area contributed by atoms with E-state index in [1.54, 1.807) is 6.20 Å². The Bertz CT molecular complexity index is 543. The van der Waals surface area contributed by atoms with Gasteiger partial charge in [-0.05, 0) is 12.8 Å². The largest absolute Gasteiger partial charge is 0.477 e. The fourth-order valence-electron chi connectivity index (χ4n) is 4.14. The summed E-state index contributed by atoms with van der Waals surface area (Å²) in [6.07, 6.45) is 27.9. The highest BCUT2D eigenvalue weighted by molar-refractivity contribution is 5.90. The third-order valence-corrected chi connectivity index (χ3v) is 5.95. The maximum Gasteiger partial charge on any atom is 0.360 e. The number of hydrogen-bond donors (Lipinski definition) is 2. The van der Waals surface area contributed by atoms with E-state index in [2.05, 4.69) is 18.0 Å². The van der Waals surface area contributed by atoms with Crippen molar-refractivity contribution in [1.29, 1.82) is 0 Å². The summed E-state index contributed by atoms with van der Waals surface area (Å²) in [5.41, 5.74) is 5.70. The molecule has 30 heavy (non-hydrogen) atoms. The summed E-state index contributed by atoms with van der Waals surface area (Å²) in [4.78, 5) is 15.6. The zero-order chi connectivity index (χ0) is 21.9. The Morgan fingerprint density at radius 2 is 1.50 bits per heavy atom. The third kappa shape index (κ3) is 11.7. The molecule has 0 fully saturated rings. The van der Waals surface area contributed by atoms with Gasteiger partial charge in [-0.15, -0.1) is 0 Å². The van der Waals surface area contributed by atoms with Crippen LogP contribution < -0.4 is 5.73 Å². The molecule has 1 heterocycles. The van der Waals surface area contributed by atoms with Crippen molar-refractivity contribution < 1.29 is 14.4 Å². The molecule has 0 aromatic carbocycles. The Hall–Kier alpha value is -1.46. The molecule has 1 rings (SSSR count). The molecular weight excluding hydrogens is 374 g/mol. The van der Waals surface area contributed by atoms with Crippen LogP contribution in [-0.2, 0) is 4.79 Å². The molecule has 0 aliphatic carbocycles. The van der Waals surface area contributed by atoms with Crippen LogP contribution >= 0.6 is 0 Å². The van der Waals surface area contributed by atoms with Crippen LogP contribution in [-0.4, -0.2) is 41.0 Å². The van der Waals surface area contributed by atoms with Crippen molar-refractivity contribution in [2.75, 3.05) is 19.6 Å². The molecular formula is C25H46N3O2+. The van der Waals surface area contributed by atoms with Crippen molar-refractivity contribution in [3.05, 3.63) is 24.6 Å². The van der Waals surface area contributed by atoms with Gasteiger partial charge in [0.05, 0.1) is 6.20 Å². The summed E-state index contributed by atoms with van der Waals surface area (Å²) >= 11 is 0. The summed E-state index contributed by atoms with van der Waals surface area (Å²) in [7, 11) is 0. The van der Waals surface area contributed by atoms with Gasteiger partial charge in [0.2, 0.25) is 5.84 Å². The standard InChI is InChI=1S/C25H45N3O2/c1-2-3-4-5-6-7-8-9-10-11-12-13-14-15-16-17-18-24-27-20-22-28(24,21-19-26)23-25(29)30/h17-18,20,22H,2-16,19,21,23,26H2,1H3/p+1/b18-17+. The van der Waals surface area contributed by atoms with Gasteiger partial charge in [-0.25, -0.2) is 9.28 Å². The maximum atomic E-state index is 11.2. The van der Waals surface area contributed by atoms with Crippen LogP contribution in [0.4, 0.5) is 0 Å². The maximum absolute atomic E-state index is 11.2. The van der Waals surface area contributed by atoms with E-state index in [0.717, 1.165) is 12.3 Å². The van der Waals surface area contributed by atoms with Gasteiger partial charge in [0.25, 0.3) is 0 Å². The predicted molar refractivity (Wildman–Crippen MR) is 127 cm³/mol. The van der Waals surface area contributed by atoms with Crippen LogP contribution in [0.2, 0.25) is 0 Å². The molecule has 1 aliphatic heterocycles. The number of aliphatic carboxylic acids is 1. The molecule has 0 saturated heterocycles. The molecule has 0 aromatic heterocycles. The zero-order valence-electron chi connectivity index (χ0n) is 19.4. The molecule has 0 spiro atoms. The van der Waals surface area contributed by atoms with E-state index in [-0.39, 0.29) is 11.0 Å². The Balaban J connectivity index is 2.02. The molecule has 1 unspecified atom stereocenters. The molecule has 1 atom stereocenters. The van der Waals surface area contributed by atoms with E-state index >= 15 is 0 Å². The first-order valence-electron chi connectivity index (χ1n) is 12.4. The number of carboxylic acids is 1. The summed E-state index contributed by atoms with van der Waals surface area (Å²) < 4.78 is 0.223. The lowest BCUT2D eigenvalue weighted by Crippen LogP contribution is -2.51. The SMILES string of the molecule is CCCCCCCCCCCCCCCC/C=C/C1=NC=C[N+]1(CCN)CC(=O)O. The Kier molecular flexibility index (Phi) is 15.3. The van der Waals surface area contributed by atoms with Crippen LogP contribution in [0.25, 0.3) is 0 Å². The number of nitrogens with two attached hydrogens (primary N) is 1. The zero-order valence-corrected chi connectivity index (χ0v) is 19.4. The van der Waals surface area contributed by atoms with Crippen LogP contribution in [0.3, 0.4) is 0 Å². The van der Waals surface area contributed by atoms with Crippen LogP contribution in [0, 0.1) is 0 Å². The van der Waals surface area contributed by atoms with Gasteiger partial charge in [-0.2, -0.15) is 4.99 Å². The van der Waals surface area contributed by atoms with Crippen molar-refractivity contribution in [1.82, 2.24) is 0 Å². The summed E-state index contributed by atoms with van der Waals surface area (Å²) in [5.74, 6) is -0.0451. The van der Waals surface area contributed by atoms with Gasteiger partial charge in [-0.1, -0.05) is 96.5 Å². The highest BCUT2D eigenvalue weighted by Gasteiger charge is 2.35. The molecule has 0 bridgehead atoms. The van der Waals surface area contributed by atoms with Crippen molar-refractivity contribution >= 4 is 11.8 Å². The van der Waals surface area contributed by atoms with Crippen molar-refractivity contribution in [3.8, 4) is 0 Å². The van der Waals surface area contributed by atoms with Gasteiger partial charge in [0.15, 0.2) is 6.54 Å². The second-order valence-electron chi connectivity index (χ2n) is 8.67. The number of hydrogen-bond acceptors (Lipinski definition) is 3. The smallest absolute Gasteiger partial charge is 0.360 e. The first-order valence-corrected chi connectivity index (χ1v) is 12.4. The van der Waals surface area contributed by atoms with E-state index in [4.69, 9.17) is 5.73 Å². The second kappa shape index (κ2) is 17.2. The van der Waals surface area contributed by atoms with Crippen LogP contribution in [0.5, 0.6) is 0 Å². The second-order valence-corrected chi connectivity index (χ2v) is 8.67. The van der Waals surface area contributed by atoms with Crippen LogP contribution in [0.1, 0.15) is 103 Å². The lowest BCUT2D eigenvalue weighted by molar-refractivity contribution is -0.775. The third-order valence-electron chi connectivity index (χ3n) is 5.95. The number of aliphatic imine (C=N–C) groups is 1. The molecule has 5 nitrogen and oxygen atoms in total. The fraction of sp³-hybridized carbons (Fsp3) is 0.760. The average Bonchev–Trinajstić information content (AvgIpc) is 3.09. The first-order chi connectivity index (χ1) is 14.6. The van der Waals surface area contributed by atoms with Gasteiger partial charge < -0.3 is 10.8 Å². The van der Waals surface area contributed by atoms with Crippen molar-refractivity contribution in [2.45, 2.75) is 103 Å². The molecule has 0 saturated carbocycles. The van der Waals surface area contributed by atoms with Crippen LogP contribution in [0.15, 0.2) is 29.5 Å². The number of nitrogens with zero attached hydrogens (tertiary/aromatic N) is 2. The summed E-state index contributed by atoms with van der Waals surface area (Å²) in [6.45, 7) is 3.27. The van der Waals surface area contributed by atoms with Crippen molar-refractivity contribution in [2.24, 2.45) is 10.7 Å². The average molecular weight is 421 g/mol. The number of carbonyl (C=O) groups is 1. The Morgan fingerprint density at radius 3 is 2.00 bits per heavy atom. The molecule has 0 amide bonds. The predicted octanol–water partition coefficient (Wildman–Crippen LogP) is 6.16. The van der Waals surface area contributed by atoms with Gasteiger partial charge >= 0.3 is 5.97 Å². The number of amidine groups is 1. The number of quaternary nitrogens is 1. The van der Waals surface area contributed by atoms with E-state index in [0.29, 0.717) is 13.1 Å². The van der Waals surface area contributed by atoms with E-state index in [1.165, 1.54) is 89.9 Å². The highest BCUT2D eigenvalue weighted by atomic mass is 16.4. The normalized spacial score (nSPS) is 18.4. The molecule has 172 valence electrons. The number of rotatable bonds is 20. The molecule has 5 heteroatoms. The topological polar surface area (TPSA) is 75.7 Å². The Morgan fingerprint density at radius 1 is 0.967 bits per heavy atom. The number of allylic oxidation sites excluding steroid dienone is 1. The van der Waals surface area contributed by atoms with E-state index in [9.17, 15) is 9.90 Å². The molecule has 0 aromatic rings. The quantitative estimate of drug-likeness (QED) is 0.183. The lowest BCUT2D eigenvalue weighted by Gasteiger charge is -2.28. The van der Waals surface area contributed by atoms with Gasteiger partial charge in [0.1, 0.15) is 12.7 Å². The molecule has 1 aliphatic rings. The minimum atomic E-state index is -0.830. The van der Waals surface area contributed by atoms with Gasteiger partial charge in [0, 0.05) is 12.6 Å². The van der Waals surface area contributed by atoms with E-state index < -0.39 is 5.97 Å². The van der Waals surface area contributed by atoms with Gasteiger partial charge in [-0.3, -0.25) is 0 Å². The Labute approximate surface area is 184 Å². The monoisotopic (exact) mass is 420 g/mol. The van der Waals surface area contributed by atoms with Crippen molar-refractivity contribution in [3.63, 3.8) is 0 Å². The molecule has 3 N–H and O–H groups in total. The summed E-state index contributed by atoms with van der Waals surface area (Å²) in [6, 6.07) is 0. The number of unbranched alkanes of at least 4 members (excludes halogenated alkanes) is 14. The first kappa shape index (κ1) is 26.6. The minimum Gasteiger partial charge on any atom is -0.477 e. The fourth-order valence-corrected chi connectivity index (χ4v) is 4.14. The minimum absolute atomic E-state index is 0.00424. The number of carboxylic acid groups (broad SMARTS) is 1. The van der Waals surface area contributed by atoms with E-state index in [1.807, 2.05) is 12.3 Å². The summed E-state index contributed by atoms with van der Waals surface area (Å²) in [5, 5.41) is 9.23. The highest BCUT2D eigenvalue weighted by Crippen LogP contribution is 2.18. The lowest BCUT2D eigenvalue weighted by atomic mass is 10.0.